The number of ether oxygens (including phenoxy) is 1. The minimum absolute atomic E-state index is 0.337. The Morgan fingerprint density at radius 1 is 1.32 bits per heavy atom. The quantitative estimate of drug-likeness (QED) is 0.878. The van der Waals surface area contributed by atoms with E-state index in [9.17, 15) is 9.90 Å². The van der Waals surface area contributed by atoms with Crippen LogP contribution in [0.15, 0.2) is 42.6 Å². The molecule has 1 unspecified atom stereocenters. The third-order valence-corrected chi connectivity index (χ3v) is 2.60. The molecule has 2 rings (SSSR count). The molecule has 0 radical (unpaired) electrons. The van der Waals surface area contributed by atoms with Crippen molar-refractivity contribution in [1.29, 1.82) is 0 Å². The molecule has 0 saturated carbocycles. The van der Waals surface area contributed by atoms with Crippen molar-refractivity contribution in [2.24, 2.45) is 5.73 Å². The first-order valence-electron chi connectivity index (χ1n) is 5.78. The number of aliphatic hydroxyl groups is 1. The van der Waals surface area contributed by atoms with E-state index in [-0.39, 0.29) is 0 Å². The van der Waals surface area contributed by atoms with E-state index in [4.69, 9.17) is 10.5 Å². The van der Waals surface area contributed by atoms with Gasteiger partial charge in [-0.05, 0) is 43.3 Å². The van der Waals surface area contributed by atoms with Gasteiger partial charge in [-0.2, -0.15) is 0 Å². The van der Waals surface area contributed by atoms with E-state index in [0.717, 1.165) is 0 Å². The van der Waals surface area contributed by atoms with Crippen molar-refractivity contribution in [3.8, 4) is 11.6 Å². The minimum Gasteiger partial charge on any atom is -0.439 e. The van der Waals surface area contributed by atoms with Crippen LogP contribution >= 0.6 is 0 Å². The highest BCUT2D eigenvalue weighted by atomic mass is 16.5. The number of carbonyl (C=O) groups is 1. The number of nitrogens with zero attached hydrogens (tertiary/aromatic N) is 1. The topological polar surface area (TPSA) is 85.4 Å². The lowest BCUT2D eigenvalue weighted by atomic mass is 10.2. The second-order valence-corrected chi connectivity index (χ2v) is 4.06. The summed E-state index contributed by atoms with van der Waals surface area (Å²) in [5.74, 6) is 0.365. The molecule has 3 N–H and O–H groups in total. The van der Waals surface area contributed by atoms with Gasteiger partial charge in [-0.15, -0.1) is 0 Å². The van der Waals surface area contributed by atoms with Crippen LogP contribution in [0.2, 0.25) is 0 Å². The van der Waals surface area contributed by atoms with Gasteiger partial charge < -0.3 is 15.6 Å². The lowest BCUT2D eigenvalue weighted by Crippen LogP contribution is -2.10. The first-order valence-corrected chi connectivity index (χ1v) is 5.78. The highest BCUT2D eigenvalue weighted by Gasteiger charge is 2.10. The fourth-order valence-electron chi connectivity index (χ4n) is 1.61. The van der Waals surface area contributed by atoms with E-state index in [1.165, 1.54) is 0 Å². The number of rotatable bonds is 4. The summed E-state index contributed by atoms with van der Waals surface area (Å²) in [6.07, 6.45) is 0.910. The molecule has 1 atom stereocenters. The normalized spacial score (nSPS) is 11.9. The zero-order chi connectivity index (χ0) is 13.8. The molecule has 5 nitrogen and oxygen atoms in total. The number of benzene rings is 1. The summed E-state index contributed by atoms with van der Waals surface area (Å²) in [4.78, 5) is 15.0. The van der Waals surface area contributed by atoms with Crippen LogP contribution in [-0.2, 0) is 0 Å². The van der Waals surface area contributed by atoms with E-state index in [2.05, 4.69) is 4.98 Å². The van der Waals surface area contributed by atoms with Gasteiger partial charge >= 0.3 is 0 Å². The predicted octanol–water partition coefficient (Wildman–Crippen LogP) is 2.03. The van der Waals surface area contributed by atoms with E-state index in [1.54, 1.807) is 49.5 Å². The Bertz CT molecular complexity index is 579. The molecule has 98 valence electrons. The molecule has 1 aromatic carbocycles. The molecule has 0 aliphatic carbocycles. The number of aliphatic hydroxyl groups excluding tert-OH is 1. The van der Waals surface area contributed by atoms with Crippen LogP contribution in [0.1, 0.15) is 28.9 Å². The summed E-state index contributed by atoms with van der Waals surface area (Å²) in [5, 5.41) is 9.62. The van der Waals surface area contributed by atoms with Gasteiger partial charge in [-0.3, -0.25) is 4.79 Å². The predicted molar refractivity (Wildman–Crippen MR) is 69.9 cm³/mol. The van der Waals surface area contributed by atoms with Crippen molar-refractivity contribution in [1.82, 2.24) is 4.98 Å². The maximum absolute atomic E-state index is 10.9. The van der Waals surface area contributed by atoms with Crippen molar-refractivity contribution >= 4 is 5.91 Å². The van der Waals surface area contributed by atoms with Gasteiger partial charge in [0.25, 0.3) is 0 Å². The van der Waals surface area contributed by atoms with E-state index in [1.807, 2.05) is 0 Å². The second kappa shape index (κ2) is 5.49. The van der Waals surface area contributed by atoms with Crippen molar-refractivity contribution in [2.75, 3.05) is 0 Å². The summed E-state index contributed by atoms with van der Waals surface area (Å²) < 4.78 is 5.58. The fraction of sp³-hybridized carbons (Fsp3) is 0.143. The van der Waals surface area contributed by atoms with Crippen LogP contribution in [0.25, 0.3) is 0 Å². The Morgan fingerprint density at radius 2 is 2.00 bits per heavy atom. The number of aromatic nitrogens is 1. The molecule has 0 spiro atoms. The lowest BCUT2D eigenvalue weighted by Gasteiger charge is -2.11. The van der Waals surface area contributed by atoms with Crippen molar-refractivity contribution in [2.45, 2.75) is 13.0 Å². The molecule has 1 heterocycles. The third-order valence-electron chi connectivity index (χ3n) is 2.60. The van der Waals surface area contributed by atoms with Crippen molar-refractivity contribution in [3.05, 3.63) is 53.7 Å². The number of nitrogens with two attached hydrogens (primary N) is 1. The monoisotopic (exact) mass is 258 g/mol. The minimum atomic E-state index is -0.673. The Morgan fingerprint density at radius 3 is 2.58 bits per heavy atom. The Kier molecular flexibility index (Phi) is 3.77. The van der Waals surface area contributed by atoms with Crippen LogP contribution in [0.5, 0.6) is 11.6 Å². The van der Waals surface area contributed by atoms with Crippen LogP contribution in [0, 0.1) is 0 Å². The number of amides is 1. The molecule has 0 aliphatic rings. The van der Waals surface area contributed by atoms with Gasteiger partial charge in [0.15, 0.2) is 0 Å². The maximum atomic E-state index is 10.9. The van der Waals surface area contributed by atoms with Gasteiger partial charge in [0.05, 0.1) is 6.10 Å². The highest BCUT2D eigenvalue weighted by Crippen LogP contribution is 2.27. The fourth-order valence-corrected chi connectivity index (χ4v) is 1.61. The van der Waals surface area contributed by atoms with Gasteiger partial charge in [0.2, 0.25) is 11.8 Å². The van der Waals surface area contributed by atoms with E-state index >= 15 is 0 Å². The molecule has 5 heteroatoms. The summed E-state index contributed by atoms with van der Waals surface area (Å²) in [6.45, 7) is 1.64. The average molecular weight is 258 g/mol. The SMILES string of the molecule is CC(O)c1cccnc1Oc1ccc(C(N)=O)cc1. The summed E-state index contributed by atoms with van der Waals surface area (Å²) in [5.41, 5.74) is 6.16. The average Bonchev–Trinajstić information content (AvgIpc) is 2.39. The Labute approximate surface area is 110 Å². The van der Waals surface area contributed by atoms with Gasteiger partial charge in [0, 0.05) is 17.3 Å². The molecule has 0 saturated heterocycles. The van der Waals surface area contributed by atoms with Gasteiger partial charge in [-0.1, -0.05) is 0 Å². The number of pyridine rings is 1. The number of primary amides is 1. The van der Waals surface area contributed by atoms with Crippen molar-refractivity contribution in [3.63, 3.8) is 0 Å². The molecule has 0 bridgehead atoms. The molecular formula is C14H14N2O3. The zero-order valence-corrected chi connectivity index (χ0v) is 10.4. The van der Waals surface area contributed by atoms with Crippen LogP contribution in [0.3, 0.4) is 0 Å². The summed E-state index contributed by atoms with van der Waals surface area (Å²) in [7, 11) is 0. The molecule has 1 amide bonds. The molecule has 19 heavy (non-hydrogen) atoms. The highest BCUT2D eigenvalue weighted by molar-refractivity contribution is 5.92. The molecule has 2 aromatic rings. The first kappa shape index (κ1) is 13.0. The Hall–Kier alpha value is -2.40. The van der Waals surface area contributed by atoms with Crippen LogP contribution < -0.4 is 10.5 Å². The van der Waals surface area contributed by atoms with Gasteiger partial charge in [-0.25, -0.2) is 4.98 Å². The number of hydrogen-bond donors (Lipinski definition) is 2. The summed E-state index contributed by atoms with van der Waals surface area (Å²) >= 11 is 0. The van der Waals surface area contributed by atoms with Crippen LogP contribution in [-0.4, -0.2) is 16.0 Å². The number of carbonyl (C=O) groups excluding carboxylic acids is 1. The standard InChI is InChI=1S/C14H14N2O3/c1-9(17)12-3-2-8-16-14(12)19-11-6-4-10(5-7-11)13(15)18/h2-9,17H,1H3,(H2,15,18). The lowest BCUT2D eigenvalue weighted by molar-refractivity contribution is 0.100. The second-order valence-electron chi connectivity index (χ2n) is 4.06. The molecule has 0 aliphatic heterocycles. The van der Waals surface area contributed by atoms with Crippen molar-refractivity contribution < 1.29 is 14.6 Å². The Balaban J connectivity index is 2.24. The zero-order valence-electron chi connectivity index (χ0n) is 10.4. The van der Waals surface area contributed by atoms with Gasteiger partial charge in [0.1, 0.15) is 5.75 Å². The maximum Gasteiger partial charge on any atom is 0.248 e. The van der Waals surface area contributed by atoms with E-state index < -0.39 is 12.0 Å². The first-order chi connectivity index (χ1) is 9.08. The molecule has 1 aromatic heterocycles. The molecular weight excluding hydrogens is 244 g/mol. The third kappa shape index (κ3) is 3.08. The number of hydrogen-bond acceptors (Lipinski definition) is 4. The smallest absolute Gasteiger partial charge is 0.248 e. The van der Waals surface area contributed by atoms with Crippen LogP contribution in [0.4, 0.5) is 0 Å². The molecule has 0 fully saturated rings. The largest absolute Gasteiger partial charge is 0.439 e. The van der Waals surface area contributed by atoms with E-state index in [0.29, 0.717) is 22.8 Å². The summed E-state index contributed by atoms with van der Waals surface area (Å²) in [6, 6.07) is 9.86.